The third kappa shape index (κ3) is 5.12. The van der Waals surface area contributed by atoms with Crippen LogP contribution in [-0.2, 0) is 6.61 Å². The van der Waals surface area contributed by atoms with Crippen molar-refractivity contribution in [3.8, 4) is 5.75 Å². The number of carbonyl (C=O) groups excluding carboxylic acids is 1. The normalized spacial score (nSPS) is 11.3. The molecule has 0 aliphatic heterocycles. The van der Waals surface area contributed by atoms with Gasteiger partial charge in [0.2, 0.25) is 0 Å². The maximum Gasteiger partial charge on any atom is 0.271 e. The fraction of sp³-hybridized carbons (Fsp3) is 0.100. The van der Waals surface area contributed by atoms with E-state index >= 15 is 0 Å². The third-order valence-corrected chi connectivity index (χ3v) is 4.32. The summed E-state index contributed by atoms with van der Waals surface area (Å²) >= 11 is 12.0. The lowest BCUT2D eigenvalue weighted by atomic mass is 10.2. The van der Waals surface area contributed by atoms with Crippen LogP contribution < -0.4 is 10.2 Å². The first-order chi connectivity index (χ1) is 13.0. The van der Waals surface area contributed by atoms with Gasteiger partial charge in [0.1, 0.15) is 23.8 Å². The Morgan fingerprint density at radius 2 is 1.93 bits per heavy atom. The first kappa shape index (κ1) is 19.0. The SMILES string of the molecule is C/C(=N/NC(=O)c1ccc(OCc2ccc(Cl)cc2Cl)cc1)c1ccco1. The molecule has 0 spiro atoms. The van der Waals surface area contributed by atoms with E-state index in [0.29, 0.717) is 39.4 Å². The summed E-state index contributed by atoms with van der Waals surface area (Å²) in [5, 5.41) is 5.14. The number of nitrogens with one attached hydrogen (secondary N) is 1. The highest BCUT2D eigenvalue weighted by atomic mass is 35.5. The van der Waals surface area contributed by atoms with Crippen LogP contribution in [0.1, 0.15) is 28.6 Å². The molecule has 7 heteroatoms. The molecule has 1 heterocycles. The van der Waals surface area contributed by atoms with Gasteiger partial charge in [-0.2, -0.15) is 5.10 Å². The molecule has 0 radical (unpaired) electrons. The average Bonchev–Trinajstić information content (AvgIpc) is 3.20. The third-order valence-electron chi connectivity index (χ3n) is 3.73. The molecule has 138 valence electrons. The Bertz CT molecular complexity index is 952. The van der Waals surface area contributed by atoms with E-state index in [-0.39, 0.29) is 5.91 Å². The first-order valence-corrected chi connectivity index (χ1v) is 8.84. The molecule has 3 rings (SSSR count). The van der Waals surface area contributed by atoms with Gasteiger partial charge in [-0.25, -0.2) is 5.43 Å². The zero-order chi connectivity index (χ0) is 19.2. The number of benzene rings is 2. The number of carbonyl (C=O) groups is 1. The smallest absolute Gasteiger partial charge is 0.271 e. The Kier molecular flexibility index (Phi) is 6.16. The lowest BCUT2D eigenvalue weighted by Gasteiger charge is -2.09. The second-order valence-corrected chi connectivity index (χ2v) is 6.51. The van der Waals surface area contributed by atoms with Crippen LogP contribution in [0.5, 0.6) is 5.75 Å². The quantitative estimate of drug-likeness (QED) is 0.448. The van der Waals surface area contributed by atoms with Gasteiger partial charge in [-0.15, -0.1) is 0 Å². The van der Waals surface area contributed by atoms with Crippen LogP contribution in [-0.4, -0.2) is 11.6 Å². The minimum absolute atomic E-state index is 0.300. The van der Waals surface area contributed by atoms with E-state index in [9.17, 15) is 4.79 Å². The summed E-state index contributed by atoms with van der Waals surface area (Å²) < 4.78 is 10.9. The number of nitrogens with zero attached hydrogens (tertiary/aromatic N) is 1. The number of rotatable bonds is 6. The fourth-order valence-corrected chi connectivity index (χ4v) is 2.70. The Balaban J connectivity index is 1.58. The predicted molar refractivity (Wildman–Crippen MR) is 106 cm³/mol. The number of hydrazone groups is 1. The van der Waals surface area contributed by atoms with Crippen LogP contribution in [0.25, 0.3) is 0 Å². The topological polar surface area (TPSA) is 63.8 Å². The fourth-order valence-electron chi connectivity index (χ4n) is 2.24. The summed E-state index contributed by atoms with van der Waals surface area (Å²) in [6.45, 7) is 2.05. The summed E-state index contributed by atoms with van der Waals surface area (Å²) in [5.41, 5.74) is 4.36. The van der Waals surface area contributed by atoms with Crippen molar-refractivity contribution in [2.45, 2.75) is 13.5 Å². The van der Waals surface area contributed by atoms with E-state index in [1.165, 1.54) is 0 Å². The van der Waals surface area contributed by atoms with Gasteiger partial charge in [0.25, 0.3) is 5.91 Å². The molecule has 0 saturated heterocycles. The van der Waals surface area contributed by atoms with Crippen molar-refractivity contribution in [2.24, 2.45) is 5.10 Å². The summed E-state index contributed by atoms with van der Waals surface area (Å²) in [7, 11) is 0. The monoisotopic (exact) mass is 402 g/mol. The van der Waals surface area contributed by atoms with E-state index < -0.39 is 0 Å². The minimum atomic E-state index is -0.326. The highest BCUT2D eigenvalue weighted by Crippen LogP contribution is 2.23. The van der Waals surface area contributed by atoms with Gasteiger partial charge in [0.15, 0.2) is 0 Å². The van der Waals surface area contributed by atoms with Crippen LogP contribution in [0.2, 0.25) is 10.0 Å². The largest absolute Gasteiger partial charge is 0.489 e. The van der Waals surface area contributed by atoms with Gasteiger partial charge in [-0.1, -0.05) is 29.3 Å². The molecule has 2 aromatic carbocycles. The van der Waals surface area contributed by atoms with Crippen molar-refractivity contribution in [1.82, 2.24) is 5.43 Å². The number of halogens is 2. The standard InChI is InChI=1S/C20H16Cl2N2O3/c1-13(19-3-2-10-26-19)23-24-20(25)14-5-8-17(9-6-14)27-12-15-4-7-16(21)11-18(15)22/h2-11H,12H2,1H3,(H,24,25)/b23-13-. The van der Waals surface area contributed by atoms with Gasteiger partial charge in [-0.05, 0) is 55.5 Å². The molecule has 1 aromatic heterocycles. The second kappa shape index (κ2) is 8.75. The Morgan fingerprint density at radius 1 is 1.15 bits per heavy atom. The molecule has 0 atom stereocenters. The molecule has 5 nitrogen and oxygen atoms in total. The van der Waals surface area contributed by atoms with Crippen molar-refractivity contribution in [2.75, 3.05) is 0 Å². The summed E-state index contributed by atoms with van der Waals surface area (Å²) in [5.74, 6) is 0.890. The molecule has 0 aliphatic carbocycles. The van der Waals surface area contributed by atoms with Crippen LogP contribution >= 0.6 is 23.2 Å². The van der Waals surface area contributed by atoms with E-state index in [0.717, 1.165) is 5.56 Å². The lowest BCUT2D eigenvalue weighted by molar-refractivity contribution is 0.0954. The van der Waals surface area contributed by atoms with Crippen LogP contribution in [0.4, 0.5) is 0 Å². The highest BCUT2D eigenvalue weighted by Gasteiger charge is 2.07. The second-order valence-electron chi connectivity index (χ2n) is 5.66. The molecule has 0 fully saturated rings. The maximum absolute atomic E-state index is 12.2. The van der Waals surface area contributed by atoms with E-state index in [1.807, 2.05) is 6.07 Å². The Hall–Kier alpha value is -2.76. The average molecular weight is 403 g/mol. The van der Waals surface area contributed by atoms with Crippen molar-refractivity contribution in [1.29, 1.82) is 0 Å². The Morgan fingerprint density at radius 3 is 2.59 bits per heavy atom. The molecule has 1 amide bonds. The zero-order valence-electron chi connectivity index (χ0n) is 14.4. The summed E-state index contributed by atoms with van der Waals surface area (Å²) in [6.07, 6.45) is 1.55. The van der Waals surface area contributed by atoms with Gasteiger partial charge in [0, 0.05) is 21.2 Å². The van der Waals surface area contributed by atoms with Gasteiger partial charge >= 0.3 is 0 Å². The van der Waals surface area contributed by atoms with Crippen LogP contribution in [0.15, 0.2) is 70.4 Å². The van der Waals surface area contributed by atoms with Crippen molar-refractivity contribution in [3.63, 3.8) is 0 Å². The molecular formula is C20H16Cl2N2O3. The van der Waals surface area contributed by atoms with Crippen molar-refractivity contribution < 1.29 is 13.9 Å². The molecule has 1 N–H and O–H groups in total. The minimum Gasteiger partial charge on any atom is -0.489 e. The molecule has 3 aromatic rings. The molecule has 0 aliphatic rings. The van der Waals surface area contributed by atoms with Crippen molar-refractivity contribution in [3.05, 3.63) is 87.8 Å². The molecular weight excluding hydrogens is 387 g/mol. The molecule has 0 unspecified atom stereocenters. The highest BCUT2D eigenvalue weighted by molar-refractivity contribution is 6.35. The van der Waals surface area contributed by atoms with Gasteiger partial charge < -0.3 is 9.15 Å². The number of hydrogen-bond acceptors (Lipinski definition) is 4. The van der Waals surface area contributed by atoms with E-state index in [1.54, 1.807) is 61.7 Å². The van der Waals surface area contributed by atoms with Crippen LogP contribution in [0.3, 0.4) is 0 Å². The number of furan rings is 1. The van der Waals surface area contributed by atoms with Gasteiger partial charge in [0.05, 0.1) is 6.26 Å². The van der Waals surface area contributed by atoms with Gasteiger partial charge in [-0.3, -0.25) is 4.79 Å². The van der Waals surface area contributed by atoms with Crippen LogP contribution in [0, 0.1) is 0 Å². The first-order valence-electron chi connectivity index (χ1n) is 8.08. The van der Waals surface area contributed by atoms with E-state index in [2.05, 4.69) is 10.5 Å². The number of hydrogen-bond donors (Lipinski definition) is 1. The zero-order valence-corrected chi connectivity index (χ0v) is 15.9. The summed E-state index contributed by atoms with van der Waals surface area (Å²) in [6, 6.07) is 15.5. The molecule has 27 heavy (non-hydrogen) atoms. The number of ether oxygens (including phenoxy) is 1. The van der Waals surface area contributed by atoms with Crippen molar-refractivity contribution >= 4 is 34.8 Å². The molecule has 0 bridgehead atoms. The predicted octanol–water partition coefficient (Wildman–Crippen LogP) is 5.32. The Labute approximate surface area is 166 Å². The molecule has 0 saturated carbocycles. The maximum atomic E-state index is 12.2. The van der Waals surface area contributed by atoms with E-state index in [4.69, 9.17) is 32.4 Å². The lowest BCUT2D eigenvalue weighted by Crippen LogP contribution is -2.19. The summed E-state index contributed by atoms with van der Waals surface area (Å²) in [4.78, 5) is 12.2. The number of amides is 1.